The third-order valence-corrected chi connectivity index (χ3v) is 3.62. The molecule has 6 heteroatoms. The van der Waals surface area contributed by atoms with E-state index in [1.54, 1.807) is 38.0 Å². The number of hydrogen-bond donors (Lipinski definition) is 1. The Hall–Kier alpha value is -2.63. The largest absolute Gasteiger partial charge is 0.345 e. The summed E-state index contributed by atoms with van der Waals surface area (Å²) in [6.45, 7) is 3.72. The number of aromatic nitrogens is 2. The minimum Gasteiger partial charge on any atom is -0.345 e. The van der Waals surface area contributed by atoms with Crippen LogP contribution in [0.5, 0.6) is 0 Å². The first-order valence-corrected chi connectivity index (χ1v) is 6.93. The van der Waals surface area contributed by atoms with Crippen molar-refractivity contribution in [2.75, 3.05) is 19.4 Å². The molecule has 0 radical (unpaired) electrons. The Bertz CT molecular complexity index is 732. The molecule has 0 aliphatic rings. The smallest absolute Gasteiger partial charge is 0.259 e. The quantitative estimate of drug-likeness (QED) is 0.942. The maximum Gasteiger partial charge on any atom is 0.259 e. The van der Waals surface area contributed by atoms with E-state index in [9.17, 15) is 9.59 Å². The Kier molecular flexibility index (Phi) is 4.30. The van der Waals surface area contributed by atoms with Crippen LogP contribution < -0.4 is 5.32 Å². The SMILES string of the molecule is Cc1ccc(C(=O)N(C)C)cc1NC(=O)c1cnn(C)c1C. The molecule has 22 heavy (non-hydrogen) atoms. The average molecular weight is 300 g/mol. The predicted octanol–water partition coefficient (Wildman–Crippen LogP) is 1.99. The zero-order valence-corrected chi connectivity index (χ0v) is 13.5. The summed E-state index contributed by atoms with van der Waals surface area (Å²) in [6, 6.07) is 5.27. The van der Waals surface area contributed by atoms with E-state index in [2.05, 4.69) is 10.4 Å². The van der Waals surface area contributed by atoms with Gasteiger partial charge in [0.05, 0.1) is 11.8 Å². The van der Waals surface area contributed by atoms with E-state index < -0.39 is 0 Å². The van der Waals surface area contributed by atoms with Gasteiger partial charge in [-0.3, -0.25) is 14.3 Å². The van der Waals surface area contributed by atoms with Gasteiger partial charge in [-0.05, 0) is 31.5 Å². The lowest BCUT2D eigenvalue weighted by Crippen LogP contribution is -2.22. The topological polar surface area (TPSA) is 67.2 Å². The van der Waals surface area contributed by atoms with Crippen molar-refractivity contribution in [2.45, 2.75) is 13.8 Å². The molecule has 2 amide bonds. The second-order valence-electron chi connectivity index (χ2n) is 5.45. The minimum absolute atomic E-state index is 0.104. The number of amides is 2. The highest BCUT2D eigenvalue weighted by Crippen LogP contribution is 2.19. The van der Waals surface area contributed by atoms with Gasteiger partial charge < -0.3 is 10.2 Å². The van der Waals surface area contributed by atoms with E-state index >= 15 is 0 Å². The van der Waals surface area contributed by atoms with Crippen LogP contribution in [0.3, 0.4) is 0 Å². The molecule has 2 rings (SSSR count). The Morgan fingerprint density at radius 3 is 2.45 bits per heavy atom. The Labute approximate surface area is 129 Å². The number of aryl methyl sites for hydroxylation is 2. The summed E-state index contributed by atoms with van der Waals surface area (Å²) in [5.74, 6) is -0.337. The summed E-state index contributed by atoms with van der Waals surface area (Å²) >= 11 is 0. The molecule has 0 unspecified atom stereocenters. The molecule has 1 aromatic heterocycles. The maximum absolute atomic E-state index is 12.4. The van der Waals surface area contributed by atoms with Gasteiger partial charge in [0.25, 0.3) is 11.8 Å². The van der Waals surface area contributed by atoms with Gasteiger partial charge in [0.2, 0.25) is 0 Å². The number of rotatable bonds is 3. The molecule has 116 valence electrons. The Morgan fingerprint density at radius 1 is 1.23 bits per heavy atom. The molecule has 0 saturated heterocycles. The lowest BCUT2D eigenvalue weighted by Gasteiger charge is -2.13. The number of nitrogens with zero attached hydrogens (tertiary/aromatic N) is 3. The molecule has 0 saturated carbocycles. The summed E-state index contributed by atoms with van der Waals surface area (Å²) in [7, 11) is 5.17. The number of carbonyl (C=O) groups excluding carboxylic acids is 2. The van der Waals surface area contributed by atoms with Crippen LogP contribution in [0.25, 0.3) is 0 Å². The number of hydrogen-bond acceptors (Lipinski definition) is 3. The monoisotopic (exact) mass is 300 g/mol. The summed E-state index contributed by atoms with van der Waals surface area (Å²) in [6.07, 6.45) is 1.54. The van der Waals surface area contributed by atoms with E-state index in [0.717, 1.165) is 11.3 Å². The van der Waals surface area contributed by atoms with Crippen molar-refractivity contribution in [2.24, 2.45) is 7.05 Å². The van der Waals surface area contributed by atoms with Crippen molar-refractivity contribution in [3.8, 4) is 0 Å². The van der Waals surface area contributed by atoms with Crippen molar-refractivity contribution in [3.63, 3.8) is 0 Å². The van der Waals surface area contributed by atoms with Crippen LogP contribution in [-0.4, -0.2) is 40.6 Å². The summed E-state index contributed by atoms with van der Waals surface area (Å²) < 4.78 is 1.65. The van der Waals surface area contributed by atoms with Crippen LogP contribution in [-0.2, 0) is 7.05 Å². The summed E-state index contributed by atoms with van der Waals surface area (Å²) in [5, 5.41) is 6.92. The van der Waals surface area contributed by atoms with Crippen LogP contribution in [0.15, 0.2) is 24.4 Å². The average Bonchev–Trinajstić information content (AvgIpc) is 2.80. The molecule has 0 aliphatic carbocycles. The zero-order chi connectivity index (χ0) is 16.4. The van der Waals surface area contributed by atoms with Gasteiger partial charge in [-0.2, -0.15) is 5.10 Å². The highest BCUT2D eigenvalue weighted by Gasteiger charge is 2.15. The minimum atomic E-state index is -0.233. The van der Waals surface area contributed by atoms with Crippen LogP contribution in [0, 0.1) is 13.8 Å². The van der Waals surface area contributed by atoms with Crippen LogP contribution in [0.2, 0.25) is 0 Å². The molecule has 0 fully saturated rings. The van der Waals surface area contributed by atoms with E-state index in [1.807, 2.05) is 19.9 Å². The van der Waals surface area contributed by atoms with E-state index in [1.165, 1.54) is 11.1 Å². The molecule has 0 aliphatic heterocycles. The molecule has 0 spiro atoms. The van der Waals surface area contributed by atoms with Crippen molar-refractivity contribution in [1.29, 1.82) is 0 Å². The van der Waals surface area contributed by atoms with Gasteiger partial charge in [0.15, 0.2) is 0 Å². The van der Waals surface area contributed by atoms with Gasteiger partial charge in [0.1, 0.15) is 0 Å². The lowest BCUT2D eigenvalue weighted by atomic mass is 10.1. The van der Waals surface area contributed by atoms with Crippen LogP contribution in [0.1, 0.15) is 32.0 Å². The van der Waals surface area contributed by atoms with Crippen molar-refractivity contribution in [3.05, 3.63) is 46.8 Å². The van der Waals surface area contributed by atoms with Gasteiger partial charge in [-0.15, -0.1) is 0 Å². The predicted molar refractivity (Wildman–Crippen MR) is 85.1 cm³/mol. The van der Waals surface area contributed by atoms with Crippen molar-refractivity contribution in [1.82, 2.24) is 14.7 Å². The normalized spacial score (nSPS) is 10.4. The number of nitrogens with one attached hydrogen (secondary N) is 1. The first-order chi connectivity index (χ1) is 10.3. The highest BCUT2D eigenvalue weighted by atomic mass is 16.2. The number of carbonyl (C=O) groups is 2. The molecule has 1 N–H and O–H groups in total. The van der Waals surface area contributed by atoms with Crippen molar-refractivity contribution >= 4 is 17.5 Å². The molecule has 0 bridgehead atoms. The number of anilines is 1. The van der Waals surface area contributed by atoms with E-state index in [0.29, 0.717) is 16.8 Å². The van der Waals surface area contributed by atoms with E-state index in [-0.39, 0.29) is 11.8 Å². The third-order valence-electron chi connectivity index (χ3n) is 3.62. The van der Waals surface area contributed by atoms with Gasteiger partial charge in [0, 0.05) is 38.1 Å². The van der Waals surface area contributed by atoms with Gasteiger partial charge >= 0.3 is 0 Å². The third kappa shape index (κ3) is 3.00. The molecule has 6 nitrogen and oxygen atoms in total. The van der Waals surface area contributed by atoms with Crippen molar-refractivity contribution < 1.29 is 9.59 Å². The summed E-state index contributed by atoms with van der Waals surface area (Å²) in [5.41, 5.74) is 3.36. The summed E-state index contributed by atoms with van der Waals surface area (Å²) in [4.78, 5) is 25.9. The molecule has 0 atom stereocenters. The lowest BCUT2D eigenvalue weighted by molar-refractivity contribution is 0.0827. The first-order valence-electron chi connectivity index (χ1n) is 6.93. The van der Waals surface area contributed by atoms with Crippen LogP contribution >= 0.6 is 0 Å². The van der Waals surface area contributed by atoms with Gasteiger partial charge in [-0.25, -0.2) is 0 Å². The van der Waals surface area contributed by atoms with E-state index in [4.69, 9.17) is 0 Å². The first kappa shape index (κ1) is 15.8. The Balaban J connectivity index is 2.29. The highest BCUT2D eigenvalue weighted by molar-refractivity contribution is 6.06. The molecule has 1 heterocycles. The molecular formula is C16H20N4O2. The fourth-order valence-corrected chi connectivity index (χ4v) is 2.06. The molecular weight excluding hydrogens is 280 g/mol. The molecule has 1 aromatic carbocycles. The second-order valence-corrected chi connectivity index (χ2v) is 5.45. The van der Waals surface area contributed by atoms with Crippen LogP contribution in [0.4, 0.5) is 5.69 Å². The fraction of sp³-hybridized carbons (Fsp3) is 0.312. The van der Waals surface area contributed by atoms with Gasteiger partial charge in [-0.1, -0.05) is 6.07 Å². The maximum atomic E-state index is 12.4. The molecule has 2 aromatic rings. The number of benzene rings is 1. The zero-order valence-electron chi connectivity index (χ0n) is 13.5. The standard InChI is InChI=1S/C16H20N4O2/c1-10-6-7-12(16(22)19(3)4)8-14(10)18-15(21)13-9-17-20(5)11(13)2/h6-9H,1-5H3,(H,18,21). The Morgan fingerprint density at radius 2 is 1.91 bits per heavy atom. The second kappa shape index (κ2) is 6.01. The fourth-order valence-electron chi connectivity index (χ4n) is 2.06.